The van der Waals surface area contributed by atoms with E-state index in [1.54, 1.807) is 30.3 Å². The minimum Gasteiger partial charge on any atom is -0.493 e. The van der Waals surface area contributed by atoms with Crippen molar-refractivity contribution >= 4 is 27.5 Å². The molecule has 0 aliphatic rings. The highest BCUT2D eigenvalue weighted by Crippen LogP contribution is 2.32. The molecule has 3 aromatic rings. The molecule has 0 saturated carbocycles. The van der Waals surface area contributed by atoms with Crippen LogP contribution in [0.3, 0.4) is 0 Å². The fraction of sp³-hybridized carbons (Fsp3) is 0.375. The lowest BCUT2D eigenvalue weighted by molar-refractivity contribution is -0.140. The Morgan fingerprint density at radius 2 is 1.52 bits per heavy atom. The maximum absolute atomic E-state index is 14.2. The van der Waals surface area contributed by atoms with Crippen LogP contribution in [0.15, 0.2) is 77.7 Å². The van der Waals surface area contributed by atoms with Gasteiger partial charge in [-0.3, -0.25) is 13.9 Å². The summed E-state index contributed by atoms with van der Waals surface area (Å²) in [5, 5.41) is 2.99. The van der Waals surface area contributed by atoms with Gasteiger partial charge in [-0.15, -0.1) is 0 Å². The lowest BCUT2D eigenvalue weighted by Gasteiger charge is -2.34. The molecule has 0 bridgehead atoms. The first kappa shape index (κ1) is 32.5. The molecule has 10 heteroatoms. The molecule has 42 heavy (non-hydrogen) atoms. The average Bonchev–Trinajstić information content (AvgIpc) is 3.00. The van der Waals surface area contributed by atoms with Crippen molar-refractivity contribution in [2.45, 2.75) is 64.1 Å². The number of anilines is 1. The van der Waals surface area contributed by atoms with Crippen LogP contribution in [0.2, 0.25) is 0 Å². The third kappa shape index (κ3) is 7.61. The van der Waals surface area contributed by atoms with Crippen LogP contribution >= 0.6 is 0 Å². The number of benzene rings is 3. The van der Waals surface area contributed by atoms with Gasteiger partial charge in [0.05, 0.1) is 24.8 Å². The van der Waals surface area contributed by atoms with Gasteiger partial charge in [-0.25, -0.2) is 8.42 Å². The van der Waals surface area contributed by atoms with Gasteiger partial charge in [-0.1, -0.05) is 56.3 Å². The molecule has 0 heterocycles. The maximum Gasteiger partial charge on any atom is 0.264 e. The minimum absolute atomic E-state index is 0.0659. The van der Waals surface area contributed by atoms with E-state index in [0.717, 1.165) is 21.9 Å². The molecule has 1 N–H and O–H groups in total. The molecule has 2 atom stereocenters. The normalized spacial score (nSPS) is 12.6. The van der Waals surface area contributed by atoms with Crippen LogP contribution in [0.1, 0.15) is 44.7 Å². The van der Waals surface area contributed by atoms with E-state index in [2.05, 4.69) is 5.32 Å². The Hall–Kier alpha value is -4.05. The summed E-state index contributed by atoms with van der Waals surface area (Å²) >= 11 is 0. The third-order valence-corrected chi connectivity index (χ3v) is 9.02. The van der Waals surface area contributed by atoms with Gasteiger partial charge in [-0.2, -0.15) is 0 Å². The van der Waals surface area contributed by atoms with E-state index in [1.807, 2.05) is 52.0 Å². The molecule has 2 amide bonds. The second-order valence-corrected chi connectivity index (χ2v) is 11.9. The SMILES string of the molecule is CC[C@H](C(=O)N[C@@H](C)CC)N(Cc1ccccc1C)C(=O)CN(c1ccccc1)S(=O)(=O)c1ccc(OC)c(OC)c1. The number of aryl methyl sites for hydroxylation is 1. The predicted molar refractivity (Wildman–Crippen MR) is 164 cm³/mol. The fourth-order valence-electron chi connectivity index (χ4n) is 4.56. The molecule has 0 aromatic heterocycles. The quantitative estimate of drug-likeness (QED) is 0.283. The van der Waals surface area contributed by atoms with E-state index >= 15 is 0 Å². The summed E-state index contributed by atoms with van der Waals surface area (Å²) in [6.07, 6.45) is 1.09. The summed E-state index contributed by atoms with van der Waals surface area (Å²) in [5.74, 6) is -0.159. The monoisotopic (exact) mass is 595 g/mol. The highest BCUT2D eigenvalue weighted by atomic mass is 32.2. The van der Waals surface area contributed by atoms with Gasteiger partial charge in [0.15, 0.2) is 11.5 Å². The number of hydrogen-bond acceptors (Lipinski definition) is 6. The first-order valence-corrected chi connectivity index (χ1v) is 15.4. The lowest BCUT2D eigenvalue weighted by Crippen LogP contribution is -2.53. The molecule has 0 spiro atoms. The van der Waals surface area contributed by atoms with Gasteiger partial charge in [0.25, 0.3) is 10.0 Å². The smallest absolute Gasteiger partial charge is 0.264 e. The zero-order valence-corrected chi connectivity index (χ0v) is 26.0. The summed E-state index contributed by atoms with van der Waals surface area (Å²) < 4.78 is 39.9. The second kappa shape index (κ2) is 14.7. The van der Waals surface area contributed by atoms with Crippen LogP contribution in [-0.2, 0) is 26.2 Å². The largest absolute Gasteiger partial charge is 0.493 e. The van der Waals surface area contributed by atoms with Crippen molar-refractivity contribution in [2.75, 3.05) is 25.1 Å². The van der Waals surface area contributed by atoms with E-state index in [9.17, 15) is 18.0 Å². The highest BCUT2D eigenvalue weighted by molar-refractivity contribution is 7.92. The topological polar surface area (TPSA) is 105 Å². The van der Waals surface area contributed by atoms with Crippen molar-refractivity contribution in [3.63, 3.8) is 0 Å². The van der Waals surface area contributed by atoms with E-state index in [4.69, 9.17) is 9.47 Å². The van der Waals surface area contributed by atoms with Crippen molar-refractivity contribution in [1.29, 1.82) is 0 Å². The summed E-state index contributed by atoms with van der Waals surface area (Å²) in [4.78, 5) is 29.0. The maximum atomic E-state index is 14.2. The van der Waals surface area contributed by atoms with Gasteiger partial charge < -0.3 is 19.7 Å². The molecular formula is C32H41N3O6S. The minimum atomic E-state index is -4.25. The number of sulfonamides is 1. The van der Waals surface area contributed by atoms with Gasteiger partial charge in [0, 0.05) is 18.7 Å². The van der Waals surface area contributed by atoms with E-state index in [0.29, 0.717) is 17.9 Å². The van der Waals surface area contributed by atoms with Crippen molar-refractivity contribution in [1.82, 2.24) is 10.2 Å². The number of methoxy groups -OCH3 is 2. The zero-order valence-electron chi connectivity index (χ0n) is 25.2. The number of hydrogen-bond donors (Lipinski definition) is 1. The van der Waals surface area contributed by atoms with Gasteiger partial charge in [0.1, 0.15) is 12.6 Å². The van der Waals surface area contributed by atoms with Gasteiger partial charge in [0.2, 0.25) is 11.8 Å². The highest BCUT2D eigenvalue weighted by Gasteiger charge is 2.34. The molecule has 226 valence electrons. The molecule has 9 nitrogen and oxygen atoms in total. The molecule has 0 fully saturated rings. The number of ether oxygens (including phenoxy) is 2. The molecule has 0 aliphatic heterocycles. The third-order valence-electron chi connectivity index (χ3n) is 7.25. The fourth-order valence-corrected chi connectivity index (χ4v) is 5.99. The molecule has 0 aliphatic carbocycles. The van der Waals surface area contributed by atoms with Crippen LogP contribution in [0.5, 0.6) is 11.5 Å². The molecule has 3 rings (SSSR count). The van der Waals surface area contributed by atoms with Crippen molar-refractivity contribution in [3.8, 4) is 11.5 Å². The molecular weight excluding hydrogens is 554 g/mol. The van der Waals surface area contributed by atoms with Crippen molar-refractivity contribution in [2.24, 2.45) is 0 Å². The Balaban J connectivity index is 2.08. The number of carbonyl (C=O) groups is 2. The zero-order chi connectivity index (χ0) is 30.9. The van der Waals surface area contributed by atoms with Crippen LogP contribution in [0, 0.1) is 6.92 Å². The van der Waals surface area contributed by atoms with E-state index in [1.165, 1.54) is 37.3 Å². The Morgan fingerprint density at radius 3 is 2.12 bits per heavy atom. The Bertz CT molecular complexity index is 1460. The summed E-state index contributed by atoms with van der Waals surface area (Å²) in [5.41, 5.74) is 2.15. The standard InChI is InChI=1S/C32H41N3O6S/c1-7-24(4)33-32(37)28(8-2)34(21-25-15-13-12-14-23(25)3)31(36)22-35(26-16-10-9-11-17-26)42(38,39)27-18-19-29(40-5)30(20-27)41-6/h9-20,24,28H,7-8,21-22H2,1-6H3,(H,33,37)/t24-,28+/m0/s1. The Labute approximate surface area is 249 Å². The first-order valence-electron chi connectivity index (χ1n) is 14.0. The van der Waals surface area contributed by atoms with Crippen molar-refractivity contribution in [3.05, 3.63) is 83.9 Å². The summed E-state index contributed by atoms with van der Waals surface area (Å²) in [7, 11) is -1.36. The first-order chi connectivity index (χ1) is 20.1. The number of carbonyl (C=O) groups excluding carboxylic acids is 2. The van der Waals surface area contributed by atoms with Crippen LogP contribution in [-0.4, -0.2) is 58.0 Å². The number of para-hydroxylation sites is 1. The van der Waals surface area contributed by atoms with Crippen molar-refractivity contribution < 1.29 is 27.5 Å². The van der Waals surface area contributed by atoms with Crippen LogP contribution in [0.25, 0.3) is 0 Å². The molecule has 3 aromatic carbocycles. The number of nitrogens with zero attached hydrogens (tertiary/aromatic N) is 2. The molecule has 0 unspecified atom stereocenters. The summed E-state index contributed by atoms with van der Waals surface area (Å²) in [6, 6.07) is 19.5. The number of nitrogens with one attached hydrogen (secondary N) is 1. The van der Waals surface area contributed by atoms with Crippen LogP contribution < -0.4 is 19.1 Å². The second-order valence-electron chi connectivity index (χ2n) is 10.1. The lowest BCUT2D eigenvalue weighted by atomic mass is 10.1. The van der Waals surface area contributed by atoms with E-state index in [-0.39, 0.29) is 29.1 Å². The Kier molecular flexibility index (Phi) is 11.4. The van der Waals surface area contributed by atoms with E-state index < -0.39 is 28.5 Å². The Morgan fingerprint density at radius 1 is 0.881 bits per heavy atom. The summed E-state index contributed by atoms with van der Waals surface area (Å²) in [6.45, 7) is 7.30. The number of rotatable bonds is 14. The van der Waals surface area contributed by atoms with Crippen LogP contribution in [0.4, 0.5) is 5.69 Å². The van der Waals surface area contributed by atoms with Gasteiger partial charge >= 0.3 is 0 Å². The number of amides is 2. The molecule has 0 saturated heterocycles. The molecule has 0 radical (unpaired) electrons. The average molecular weight is 596 g/mol. The predicted octanol–water partition coefficient (Wildman–Crippen LogP) is 4.93. The van der Waals surface area contributed by atoms with Gasteiger partial charge in [-0.05, 0) is 62.1 Å².